The highest BCUT2D eigenvalue weighted by molar-refractivity contribution is 5.70. The molecular formula is C23H22N4O4. The molecule has 31 heavy (non-hydrogen) atoms. The van der Waals surface area contributed by atoms with Crippen LogP contribution in [0.1, 0.15) is 25.5 Å². The van der Waals surface area contributed by atoms with Crippen LogP contribution < -0.4 is 18.9 Å². The van der Waals surface area contributed by atoms with Crippen LogP contribution >= 0.6 is 0 Å². The second kappa shape index (κ2) is 7.79. The highest BCUT2D eigenvalue weighted by atomic mass is 16.6. The number of pyridine rings is 2. The molecule has 0 radical (unpaired) electrons. The van der Waals surface area contributed by atoms with Crippen molar-refractivity contribution in [1.82, 2.24) is 19.5 Å². The molecule has 0 unspecified atom stereocenters. The molecule has 0 bridgehead atoms. The summed E-state index contributed by atoms with van der Waals surface area (Å²) in [7, 11) is 3.17. The van der Waals surface area contributed by atoms with Gasteiger partial charge in [-0.25, -0.2) is 15.0 Å². The van der Waals surface area contributed by atoms with E-state index in [1.165, 1.54) is 0 Å². The molecule has 5 rings (SSSR count). The molecule has 0 aliphatic carbocycles. The van der Waals surface area contributed by atoms with Gasteiger partial charge in [0.15, 0.2) is 23.3 Å². The summed E-state index contributed by atoms with van der Waals surface area (Å²) in [4.78, 5) is 12.9. The summed E-state index contributed by atoms with van der Waals surface area (Å²) < 4.78 is 33.3. The summed E-state index contributed by atoms with van der Waals surface area (Å²) in [6, 6.07) is 11.2. The number of hydrogen-bond donors (Lipinski definition) is 0. The Hall–Kier alpha value is -3.81. The van der Waals surface area contributed by atoms with Crippen LogP contribution in [0.4, 0.5) is 0 Å². The first-order valence-corrected chi connectivity index (χ1v) is 9.89. The summed E-state index contributed by atoms with van der Waals surface area (Å²) in [5.41, 5.74) is 3.11. The molecule has 0 N–H and O–H groups in total. The molecule has 3 aromatic heterocycles. The van der Waals surface area contributed by atoms with Crippen molar-refractivity contribution in [3.8, 4) is 23.1 Å². The number of methoxy groups -OCH3 is 2. The third kappa shape index (κ3) is 3.50. The standard InChI is InChI=1S/C23H22N4O4/c1-14-21(16-6-7-20(29-3)25-11-16)31-22-18(28-2)9-15(10-19(22)30-14)12-27-13-26-17-5-4-8-24-23(17)27/h4-11,13-14,21H,12H2,1-3H3/t14-,21+/m0/s1/i13D. The first kappa shape index (κ1) is 18.0. The Kier molecular flexibility index (Phi) is 4.52. The molecule has 0 saturated heterocycles. The maximum Gasteiger partial charge on any atom is 0.212 e. The average molecular weight is 419 g/mol. The van der Waals surface area contributed by atoms with E-state index in [4.69, 9.17) is 20.3 Å². The molecule has 1 aromatic carbocycles. The molecule has 158 valence electrons. The Morgan fingerprint density at radius 3 is 2.77 bits per heavy atom. The van der Waals surface area contributed by atoms with Crippen molar-refractivity contribution in [2.45, 2.75) is 25.7 Å². The predicted molar refractivity (Wildman–Crippen MR) is 114 cm³/mol. The zero-order chi connectivity index (χ0) is 22.2. The van der Waals surface area contributed by atoms with Crippen molar-refractivity contribution >= 4 is 11.2 Å². The Balaban J connectivity index is 1.48. The molecule has 0 amide bonds. The second-order valence-corrected chi connectivity index (χ2v) is 7.26. The van der Waals surface area contributed by atoms with Gasteiger partial charge >= 0.3 is 0 Å². The highest BCUT2D eigenvalue weighted by Gasteiger charge is 2.32. The number of ether oxygens (including phenoxy) is 4. The Labute approximate surface area is 180 Å². The van der Waals surface area contributed by atoms with Crippen molar-refractivity contribution in [3.63, 3.8) is 0 Å². The quantitative estimate of drug-likeness (QED) is 0.487. The van der Waals surface area contributed by atoms with E-state index in [0.717, 1.165) is 11.1 Å². The largest absolute Gasteiger partial charge is 0.493 e. The normalized spacial score (nSPS) is 18.0. The lowest BCUT2D eigenvalue weighted by Gasteiger charge is -2.33. The van der Waals surface area contributed by atoms with E-state index in [0.29, 0.717) is 40.8 Å². The topological polar surface area (TPSA) is 80.5 Å². The Morgan fingerprint density at radius 2 is 2.00 bits per heavy atom. The Bertz CT molecular complexity index is 1280. The molecule has 1 aliphatic rings. The molecule has 4 aromatic rings. The lowest BCUT2D eigenvalue weighted by atomic mass is 10.0. The third-order valence-corrected chi connectivity index (χ3v) is 5.23. The van der Waals surface area contributed by atoms with Gasteiger partial charge in [-0.05, 0) is 42.8 Å². The smallest absolute Gasteiger partial charge is 0.212 e. The van der Waals surface area contributed by atoms with Crippen molar-refractivity contribution in [2.24, 2.45) is 0 Å². The van der Waals surface area contributed by atoms with E-state index in [-0.39, 0.29) is 18.5 Å². The van der Waals surface area contributed by atoms with E-state index in [2.05, 4.69) is 15.0 Å². The lowest BCUT2D eigenvalue weighted by Crippen LogP contribution is -2.31. The number of nitrogens with zero attached hydrogens (tertiary/aromatic N) is 4. The number of rotatable bonds is 5. The molecule has 1 aliphatic heterocycles. The SMILES string of the molecule is [2H]c1nc2cccnc2n1Cc1cc(OC)c2c(c1)O[C@@H](C)[C@H](c1ccc(OC)nc1)O2. The summed E-state index contributed by atoms with van der Waals surface area (Å²) in [5.74, 6) is 2.22. The zero-order valence-electron chi connectivity index (χ0n) is 18.4. The van der Waals surface area contributed by atoms with E-state index < -0.39 is 0 Å². The molecule has 0 saturated carbocycles. The zero-order valence-corrected chi connectivity index (χ0v) is 17.4. The molecule has 4 heterocycles. The Morgan fingerprint density at radius 1 is 1.10 bits per heavy atom. The monoisotopic (exact) mass is 419 g/mol. The lowest BCUT2D eigenvalue weighted by molar-refractivity contribution is 0.0277. The van der Waals surface area contributed by atoms with Gasteiger partial charge in [-0.15, -0.1) is 0 Å². The van der Waals surface area contributed by atoms with E-state index >= 15 is 0 Å². The van der Waals surface area contributed by atoms with Crippen LogP contribution in [0.2, 0.25) is 0 Å². The van der Waals surface area contributed by atoms with Gasteiger partial charge in [0.1, 0.15) is 13.0 Å². The van der Waals surface area contributed by atoms with Crippen molar-refractivity contribution < 1.29 is 20.3 Å². The summed E-state index contributed by atoms with van der Waals surface area (Å²) in [6.07, 6.45) is 2.97. The van der Waals surface area contributed by atoms with Gasteiger partial charge in [-0.1, -0.05) is 0 Å². The molecular weight excluding hydrogens is 396 g/mol. The van der Waals surface area contributed by atoms with Crippen molar-refractivity contribution in [3.05, 3.63) is 66.2 Å². The van der Waals surface area contributed by atoms with Gasteiger partial charge in [0, 0.05) is 24.0 Å². The maximum atomic E-state index is 8.23. The second-order valence-electron chi connectivity index (χ2n) is 7.26. The number of hydrogen-bond acceptors (Lipinski definition) is 7. The molecule has 2 atom stereocenters. The molecule has 0 fully saturated rings. The van der Waals surface area contributed by atoms with Crippen LogP contribution in [0.15, 0.2) is 55.1 Å². The van der Waals surface area contributed by atoms with Crippen LogP contribution in [-0.2, 0) is 6.54 Å². The number of benzene rings is 1. The summed E-state index contributed by atoms with van der Waals surface area (Å²) in [5, 5.41) is 0. The molecule has 0 spiro atoms. The minimum absolute atomic E-state index is 0.146. The minimum atomic E-state index is -0.345. The van der Waals surface area contributed by atoms with E-state index in [9.17, 15) is 0 Å². The van der Waals surface area contributed by atoms with Gasteiger partial charge in [0.25, 0.3) is 0 Å². The van der Waals surface area contributed by atoms with Crippen molar-refractivity contribution in [1.29, 1.82) is 0 Å². The number of fused-ring (bicyclic) bond motifs is 2. The maximum absolute atomic E-state index is 8.23. The fraction of sp³-hybridized carbons (Fsp3) is 0.261. The van der Waals surface area contributed by atoms with E-state index in [1.54, 1.807) is 37.2 Å². The predicted octanol–water partition coefficient (Wildman–Crippen LogP) is 3.79. The van der Waals surface area contributed by atoms with Gasteiger partial charge < -0.3 is 23.5 Å². The van der Waals surface area contributed by atoms with Gasteiger partial charge in [0.05, 0.1) is 27.1 Å². The number of aromatic nitrogens is 4. The van der Waals surface area contributed by atoms with Crippen LogP contribution in [0.25, 0.3) is 11.2 Å². The summed E-state index contributed by atoms with van der Waals surface area (Å²) >= 11 is 0. The van der Waals surface area contributed by atoms with Crippen LogP contribution in [0.5, 0.6) is 23.1 Å². The average Bonchev–Trinajstić information content (AvgIpc) is 3.13. The first-order valence-electron chi connectivity index (χ1n) is 10.4. The van der Waals surface area contributed by atoms with Crippen LogP contribution in [0.3, 0.4) is 0 Å². The molecule has 8 nitrogen and oxygen atoms in total. The fourth-order valence-electron chi connectivity index (χ4n) is 3.72. The fourth-order valence-corrected chi connectivity index (χ4v) is 3.72. The van der Waals surface area contributed by atoms with Crippen LogP contribution in [-0.4, -0.2) is 39.8 Å². The third-order valence-electron chi connectivity index (χ3n) is 5.23. The molecule has 8 heteroatoms. The van der Waals surface area contributed by atoms with E-state index in [1.807, 2.05) is 37.3 Å². The van der Waals surface area contributed by atoms with Gasteiger partial charge in [-0.2, -0.15) is 0 Å². The number of imidazole rings is 1. The van der Waals surface area contributed by atoms with Gasteiger partial charge in [-0.3, -0.25) is 0 Å². The summed E-state index contributed by atoms with van der Waals surface area (Å²) in [6.45, 7) is 2.35. The minimum Gasteiger partial charge on any atom is -0.493 e. The van der Waals surface area contributed by atoms with Crippen LogP contribution in [0, 0.1) is 0 Å². The van der Waals surface area contributed by atoms with Crippen molar-refractivity contribution in [2.75, 3.05) is 14.2 Å². The van der Waals surface area contributed by atoms with Gasteiger partial charge in [0.2, 0.25) is 11.6 Å². The highest BCUT2D eigenvalue weighted by Crippen LogP contribution is 2.46. The first-order chi connectivity index (χ1) is 15.6.